The predicted octanol–water partition coefficient (Wildman–Crippen LogP) is 4.16. The van der Waals surface area contributed by atoms with Crippen molar-refractivity contribution in [1.29, 1.82) is 0 Å². The number of hydrogen-bond donors (Lipinski definition) is 2. The molecule has 0 unspecified atom stereocenters. The SMILES string of the molecule is C=C(C)c1c[nH]c2nnc(-c3ccccc3O)cc12.C=CC(=O)N1CCCC1. The Morgan fingerprint density at radius 1 is 1.25 bits per heavy atom. The normalized spacial score (nSPS) is 13.1. The molecule has 6 nitrogen and oxygen atoms in total. The number of nitrogens with zero attached hydrogens (tertiary/aromatic N) is 3. The van der Waals surface area contributed by atoms with E-state index in [1.54, 1.807) is 12.1 Å². The van der Waals surface area contributed by atoms with Crippen molar-refractivity contribution in [2.75, 3.05) is 13.1 Å². The largest absolute Gasteiger partial charge is 0.507 e. The molecule has 2 N–H and O–H groups in total. The number of amides is 1. The molecule has 0 atom stereocenters. The van der Waals surface area contributed by atoms with Crippen LogP contribution in [-0.2, 0) is 4.79 Å². The monoisotopic (exact) mass is 376 g/mol. The summed E-state index contributed by atoms with van der Waals surface area (Å²) in [6.07, 6.45) is 5.56. The van der Waals surface area contributed by atoms with Crippen LogP contribution in [0.15, 0.2) is 55.8 Å². The van der Waals surface area contributed by atoms with E-state index in [1.807, 2.05) is 36.2 Å². The second-order valence-electron chi connectivity index (χ2n) is 6.73. The quantitative estimate of drug-likeness (QED) is 0.673. The van der Waals surface area contributed by atoms with Gasteiger partial charge < -0.3 is 15.0 Å². The molecule has 6 heteroatoms. The van der Waals surface area contributed by atoms with Gasteiger partial charge >= 0.3 is 0 Å². The van der Waals surface area contributed by atoms with Crippen molar-refractivity contribution in [2.24, 2.45) is 0 Å². The summed E-state index contributed by atoms with van der Waals surface area (Å²) in [5.41, 5.74) is 4.01. The van der Waals surface area contributed by atoms with Gasteiger partial charge in [-0.3, -0.25) is 4.79 Å². The number of nitrogens with one attached hydrogen (secondary N) is 1. The Balaban J connectivity index is 0.000000211. The third-order valence-electron chi connectivity index (χ3n) is 4.67. The van der Waals surface area contributed by atoms with Gasteiger partial charge in [-0.25, -0.2) is 0 Å². The number of benzene rings is 1. The van der Waals surface area contributed by atoms with Crippen molar-refractivity contribution in [3.8, 4) is 17.0 Å². The van der Waals surface area contributed by atoms with E-state index < -0.39 is 0 Å². The van der Waals surface area contributed by atoms with Gasteiger partial charge in [0, 0.05) is 35.8 Å². The van der Waals surface area contributed by atoms with Gasteiger partial charge in [-0.05, 0) is 49.6 Å². The Kier molecular flexibility index (Phi) is 5.89. The number of fused-ring (bicyclic) bond motifs is 1. The molecule has 3 heterocycles. The highest BCUT2D eigenvalue weighted by atomic mass is 16.3. The number of phenols is 1. The summed E-state index contributed by atoms with van der Waals surface area (Å²) in [6.45, 7) is 11.2. The molecule has 0 bridgehead atoms. The maximum Gasteiger partial charge on any atom is 0.245 e. The van der Waals surface area contributed by atoms with Gasteiger partial charge in [0.1, 0.15) is 5.75 Å². The van der Waals surface area contributed by atoms with Crippen LogP contribution in [0.1, 0.15) is 25.3 Å². The van der Waals surface area contributed by atoms with E-state index in [0.29, 0.717) is 11.3 Å². The van der Waals surface area contributed by atoms with Crippen molar-refractivity contribution in [3.05, 3.63) is 61.3 Å². The minimum atomic E-state index is 0.0764. The van der Waals surface area contributed by atoms with Gasteiger partial charge in [0.15, 0.2) is 5.65 Å². The number of likely N-dealkylation sites (tertiary alicyclic amines) is 1. The maximum absolute atomic E-state index is 10.8. The molecule has 4 rings (SSSR count). The van der Waals surface area contributed by atoms with Crippen LogP contribution in [0.4, 0.5) is 0 Å². The first-order valence-electron chi connectivity index (χ1n) is 9.21. The van der Waals surface area contributed by atoms with E-state index in [-0.39, 0.29) is 11.7 Å². The van der Waals surface area contributed by atoms with Crippen molar-refractivity contribution < 1.29 is 9.90 Å². The number of carbonyl (C=O) groups excluding carboxylic acids is 1. The average molecular weight is 376 g/mol. The lowest BCUT2D eigenvalue weighted by molar-refractivity contribution is -0.124. The van der Waals surface area contributed by atoms with E-state index in [0.717, 1.165) is 48.1 Å². The first-order chi connectivity index (χ1) is 13.5. The second-order valence-corrected chi connectivity index (χ2v) is 6.73. The highest BCUT2D eigenvalue weighted by molar-refractivity contribution is 5.91. The van der Waals surface area contributed by atoms with Crippen LogP contribution < -0.4 is 0 Å². The van der Waals surface area contributed by atoms with E-state index >= 15 is 0 Å². The maximum atomic E-state index is 10.8. The third-order valence-corrected chi connectivity index (χ3v) is 4.67. The summed E-state index contributed by atoms with van der Waals surface area (Å²) in [7, 11) is 0. The minimum absolute atomic E-state index is 0.0764. The number of rotatable bonds is 3. The van der Waals surface area contributed by atoms with Gasteiger partial charge in [-0.2, -0.15) is 0 Å². The predicted molar refractivity (Wildman–Crippen MR) is 112 cm³/mol. The summed E-state index contributed by atoms with van der Waals surface area (Å²) < 4.78 is 0. The Labute approximate surface area is 164 Å². The van der Waals surface area contributed by atoms with Crippen LogP contribution in [-0.4, -0.2) is 44.2 Å². The number of hydrogen-bond acceptors (Lipinski definition) is 4. The Morgan fingerprint density at radius 3 is 2.61 bits per heavy atom. The van der Waals surface area contributed by atoms with Crippen LogP contribution in [0, 0.1) is 0 Å². The number of phenolic OH excluding ortho intramolecular Hbond substituents is 1. The molecule has 1 saturated heterocycles. The molecule has 3 aromatic rings. The van der Waals surface area contributed by atoms with Crippen molar-refractivity contribution in [2.45, 2.75) is 19.8 Å². The molecule has 1 aliphatic heterocycles. The Hall–Kier alpha value is -3.41. The zero-order valence-corrected chi connectivity index (χ0v) is 16.0. The van der Waals surface area contributed by atoms with E-state index in [1.165, 1.54) is 6.08 Å². The van der Waals surface area contributed by atoms with Gasteiger partial charge in [0.2, 0.25) is 5.91 Å². The highest BCUT2D eigenvalue weighted by Crippen LogP contribution is 2.30. The first kappa shape index (κ1) is 19.4. The third kappa shape index (κ3) is 4.11. The molecule has 1 amide bonds. The van der Waals surface area contributed by atoms with E-state index in [4.69, 9.17) is 0 Å². The summed E-state index contributed by atoms with van der Waals surface area (Å²) in [5.74, 6) is 0.274. The molecular weight excluding hydrogens is 352 g/mol. The summed E-state index contributed by atoms with van der Waals surface area (Å²) in [4.78, 5) is 15.7. The molecule has 1 aliphatic rings. The number of aromatic amines is 1. The lowest BCUT2D eigenvalue weighted by atomic mass is 10.1. The molecule has 0 spiro atoms. The highest BCUT2D eigenvalue weighted by Gasteiger charge is 2.14. The second kappa shape index (κ2) is 8.52. The smallest absolute Gasteiger partial charge is 0.245 e. The number of para-hydroxylation sites is 1. The first-order valence-corrected chi connectivity index (χ1v) is 9.21. The molecule has 1 fully saturated rings. The number of carbonyl (C=O) groups is 1. The van der Waals surface area contributed by atoms with Gasteiger partial charge in [0.05, 0.1) is 5.69 Å². The molecule has 28 heavy (non-hydrogen) atoms. The number of H-pyrrole nitrogens is 1. The molecule has 0 radical (unpaired) electrons. The standard InChI is InChI=1S/C15H13N3O.C7H11NO/c1-9(2)12-8-16-15-11(12)7-13(17-18-15)10-5-3-4-6-14(10)19;1-2-7(9)8-5-3-4-6-8/h3-8,19H,1H2,2H3,(H,16,18);2H,1,3-6H2. The van der Waals surface area contributed by atoms with Crippen molar-refractivity contribution in [3.63, 3.8) is 0 Å². The topological polar surface area (TPSA) is 82.1 Å². The fourth-order valence-corrected chi connectivity index (χ4v) is 3.16. The molecule has 2 aromatic heterocycles. The lowest BCUT2D eigenvalue weighted by Gasteiger charge is -2.10. The van der Waals surface area contributed by atoms with Gasteiger partial charge in [-0.1, -0.05) is 25.3 Å². The van der Waals surface area contributed by atoms with Crippen LogP contribution in [0.5, 0.6) is 5.75 Å². The molecule has 0 aliphatic carbocycles. The average Bonchev–Trinajstić information content (AvgIpc) is 3.37. The van der Waals surface area contributed by atoms with Crippen LogP contribution in [0.3, 0.4) is 0 Å². The summed E-state index contributed by atoms with van der Waals surface area (Å²) in [5, 5.41) is 19.1. The number of aromatic nitrogens is 3. The van der Waals surface area contributed by atoms with Gasteiger partial charge in [0.25, 0.3) is 0 Å². The Morgan fingerprint density at radius 2 is 1.96 bits per heavy atom. The number of aromatic hydroxyl groups is 1. The van der Waals surface area contributed by atoms with Crippen LogP contribution in [0.25, 0.3) is 27.9 Å². The summed E-state index contributed by atoms with van der Waals surface area (Å²) in [6, 6.07) is 9.01. The molecule has 1 aromatic carbocycles. The molecular formula is C22H24N4O2. The lowest BCUT2D eigenvalue weighted by Crippen LogP contribution is -2.25. The fourth-order valence-electron chi connectivity index (χ4n) is 3.16. The van der Waals surface area contributed by atoms with E-state index in [9.17, 15) is 9.90 Å². The molecule has 0 saturated carbocycles. The zero-order valence-electron chi connectivity index (χ0n) is 16.0. The van der Waals surface area contributed by atoms with Crippen LogP contribution in [0.2, 0.25) is 0 Å². The van der Waals surface area contributed by atoms with Gasteiger partial charge in [-0.15, -0.1) is 10.2 Å². The van der Waals surface area contributed by atoms with Crippen LogP contribution >= 0.6 is 0 Å². The summed E-state index contributed by atoms with van der Waals surface area (Å²) >= 11 is 0. The van der Waals surface area contributed by atoms with Crippen molar-refractivity contribution >= 4 is 22.5 Å². The zero-order chi connectivity index (χ0) is 20.1. The number of allylic oxidation sites excluding steroid dienone is 1. The minimum Gasteiger partial charge on any atom is -0.507 e. The van der Waals surface area contributed by atoms with E-state index in [2.05, 4.69) is 28.3 Å². The molecule has 144 valence electrons. The fraction of sp³-hybridized carbons (Fsp3) is 0.227. The Bertz CT molecular complexity index is 1020. The van der Waals surface area contributed by atoms with Crippen molar-refractivity contribution in [1.82, 2.24) is 20.1 Å².